The maximum atomic E-state index is 14.3. The summed E-state index contributed by atoms with van der Waals surface area (Å²) < 4.78 is 20.0. The third-order valence-corrected chi connectivity index (χ3v) is 4.76. The first kappa shape index (κ1) is 21.7. The van der Waals surface area contributed by atoms with E-state index in [4.69, 9.17) is 4.74 Å². The fourth-order valence-electron chi connectivity index (χ4n) is 3.17. The number of ether oxygens (including phenoxy) is 1. The van der Waals surface area contributed by atoms with Crippen molar-refractivity contribution in [1.82, 2.24) is 0 Å². The van der Waals surface area contributed by atoms with E-state index in [1.165, 1.54) is 44.6 Å². The molecular weight excluding hydrogens is 359 g/mol. The molecule has 28 heavy (non-hydrogen) atoms. The van der Waals surface area contributed by atoms with Crippen LogP contribution in [0, 0.1) is 5.82 Å². The van der Waals surface area contributed by atoms with Crippen molar-refractivity contribution in [2.24, 2.45) is 0 Å². The highest BCUT2D eigenvalue weighted by molar-refractivity contribution is 5.96. The number of aromatic carboxylic acids is 1. The molecule has 5 heteroatoms. The first-order valence-corrected chi connectivity index (χ1v) is 10.0. The monoisotopic (exact) mass is 388 g/mol. The molecule has 0 aromatic heterocycles. The molecular formula is C23H29FO4. The third kappa shape index (κ3) is 6.25. The van der Waals surface area contributed by atoms with Gasteiger partial charge < -0.3 is 14.9 Å². The van der Waals surface area contributed by atoms with Gasteiger partial charge in [0.05, 0.1) is 12.2 Å². The fourth-order valence-corrected chi connectivity index (χ4v) is 3.17. The zero-order valence-electron chi connectivity index (χ0n) is 16.4. The maximum absolute atomic E-state index is 14.3. The van der Waals surface area contributed by atoms with E-state index < -0.39 is 17.5 Å². The van der Waals surface area contributed by atoms with Crippen LogP contribution in [0.1, 0.15) is 68.6 Å². The van der Waals surface area contributed by atoms with E-state index in [1.54, 1.807) is 24.3 Å². The number of hydrogen-bond donors (Lipinski definition) is 2. The molecule has 0 aliphatic heterocycles. The van der Waals surface area contributed by atoms with E-state index in [9.17, 15) is 19.4 Å². The lowest BCUT2D eigenvalue weighted by Crippen LogP contribution is -2.02. The van der Waals surface area contributed by atoms with E-state index in [0.717, 1.165) is 18.9 Å². The first-order chi connectivity index (χ1) is 13.5. The van der Waals surface area contributed by atoms with Crippen molar-refractivity contribution in [2.45, 2.75) is 58.3 Å². The van der Waals surface area contributed by atoms with Gasteiger partial charge in [0.2, 0.25) is 0 Å². The van der Waals surface area contributed by atoms with Crippen LogP contribution in [0.25, 0.3) is 11.1 Å². The molecule has 2 N–H and O–H groups in total. The molecule has 2 rings (SSSR count). The second kappa shape index (κ2) is 11.3. The van der Waals surface area contributed by atoms with Gasteiger partial charge in [-0.05, 0) is 36.2 Å². The second-order valence-electron chi connectivity index (χ2n) is 6.97. The molecule has 4 nitrogen and oxygen atoms in total. The number of phenolic OH excluding ortho intramolecular Hbond substituents is 1. The average molecular weight is 388 g/mol. The molecule has 0 saturated carbocycles. The zero-order valence-corrected chi connectivity index (χ0v) is 16.4. The summed E-state index contributed by atoms with van der Waals surface area (Å²) in [4.78, 5) is 11.4. The number of phenols is 1. The summed E-state index contributed by atoms with van der Waals surface area (Å²) in [5.41, 5.74) is 0.0651. The molecule has 0 radical (unpaired) electrons. The number of halogens is 1. The van der Waals surface area contributed by atoms with Crippen LogP contribution in [0.5, 0.6) is 11.5 Å². The summed E-state index contributed by atoms with van der Waals surface area (Å²) in [6.45, 7) is 2.84. The molecule has 0 spiro atoms. The molecule has 0 saturated heterocycles. The summed E-state index contributed by atoms with van der Waals surface area (Å²) >= 11 is 0. The highest BCUT2D eigenvalue weighted by Gasteiger charge is 2.19. The number of carbonyl (C=O) groups is 1. The van der Waals surface area contributed by atoms with Crippen molar-refractivity contribution in [3.63, 3.8) is 0 Å². The Morgan fingerprint density at radius 2 is 1.54 bits per heavy atom. The minimum absolute atomic E-state index is 0.123. The average Bonchev–Trinajstić information content (AvgIpc) is 2.69. The van der Waals surface area contributed by atoms with Crippen molar-refractivity contribution >= 4 is 5.97 Å². The van der Waals surface area contributed by atoms with Gasteiger partial charge in [-0.3, -0.25) is 0 Å². The summed E-state index contributed by atoms with van der Waals surface area (Å²) in [7, 11) is 0. The predicted octanol–water partition coefficient (Wildman–Crippen LogP) is 6.42. The number of carboxylic acid groups (broad SMARTS) is 1. The minimum Gasteiger partial charge on any atom is -0.505 e. The SMILES string of the molecule is CCCCCCCCCCOc1ccc(-c2c(C(=O)O)ccc(O)c2F)cc1. The van der Waals surface area contributed by atoms with Gasteiger partial charge in [0.1, 0.15) is 5.75 Å². The van der Waals surface area contributed by atoms with Crippen molar-refractivity contribution < 1.29 is 24.1 Å². The normalized spacial score (nSPS) is 10.8. The lowest BCUT2D eigenvalue weighted by Gasteiger charge is -2.11. The molecule has 0 atom stereocenters. The Bertz CT molecular complexity index is 756. The Kier molecular flexibility index (Phi) is 8.79. The predicted molar refractivity (Wildman–Crippen MR) is 109 cm³/mol. The van der Waals surface area contributed by atoms with E-state index in [-0.39, 0.29) is 11.1 Å². The number of rotatable bonds is 12. The largest absolute Gasteiger partial charge is 0.505 e. The van der Waals surface area contributed by atoms with Crippen LogP contribution in [-0.2, 0) is 0 Å². The topological polar surface area (TPSA) is 66.8 Å². The number of unbranched alkanes of at least 4 members (excludes halogenated alkanes) is 7. The lowest BCUT2D eigenvalue weighted by atomic mass is 9.98. The van der Waals surface area contributed by atoms with E-state index in [1.807, 2.05) is 0 Å². The number of benzene rings is 2. The van der Waals surface area contributed by atoms with E-state index in [2.05, 4.69) is 6.92 Å². The first-order valence-electron chi connectivity index (χ1n) is 10.0. The van der Waals surface area contributed by atoms with Gasteiger partial charge in [-0.25, -0.2) is 9.18 Å². The van der Waals surface area contributed by atoms with Gasteiger partial charge in [-0.1, -0.05) is 64.0 Å². The summed E-state index contributed by atoms with van der Waals surface area (Å²) in [6.07, 6.45) is 9.84. The maximum Gasteiger partial charge on any atom is 0.336 e. The Hall–Kier alpha value is -2.56. The van der Waals surface area contributed by atoms with Crippen molar-refractivity contribution in [2.75, 3.05) is 6.61 Å². The van der Waals surface area contributed by atoms with Crippen LogP contribution in [0.15, 0.2) is 36.4 Å². The summed E-state index contributed by atoms with van der Waals surface area (Å²) in [5.74, 6) is -2.10. The Balaban J connectivity index is 1.86. The van der Waals surface area contributed by atoms with Gasteiger partial charge in [0.25, 0.3) is 0 Å². The van der Waals surface area contributed by atoms with Crippen molar-refractivity contribution in [3.05, 3.63) is 47.8 Å². The smallest absolute Gasteiger partial charge is 0.336 e. The van der Waals surface area contributed by atoms with Crippen LogP contribution in [0.3, 0.4) is 0 Å². The van der Waals surface area contributed by atoms with Crippen molar-refractivity contribution in [3.8, 4) is 22.6 Å². The number of aromatic hydroxyl groups is 1. The molecule has 0 unspecified atom stereocenters. The van der Waals surface area contributed by atoms with Gasteiger partial charge in [-0.15, -0.1) is 0 Å². The highest BCUT2D eigenvalue weighted by atomic mass is 19.1. The van der Waals surface area contributed by atoms with Gasteiger partial charge in [-0.2, -0.15) is 0 Å². The molecule has 0 amide bonds. The molecule has 0 aliphatic rings. The lowest BCUT2D eigenvalue weighted by molar-refractivity contribution is 0.0697. The highest BCUT2D eigenvalue weighted by Crippen LogP contribution is 2.33. The van der Waals surface area contributed by atoms with Crippen LogP contribution >= 0.6 is 0 Å². The zero-order chi connectivity index (χ0) is 20.4. The Labute approximate surface area is 166 Å². The fraction of sp³-hybridized carbons (Fsp3) is 0.435. The van der Waals surface area contributed by atoms with Crippen molar-refractivity contribution in [1.29, 1.82) is 0 Å². The minimum atomic E-state index is -1.25. The van der Waals surface area contributed by atoms with Gasteiger partial charge in [0, 0.05) is 5.56 Å². The number of hydrogen-bond acceptors (Lipinski definition) is 3. The van der Waals surface area contributed by atoms with E-state index in [0.29, 0.717) is 17.9 Å². The molecule has 0 aliphatic carbocycles. The summed E-state index contributed by atoms with van der Waals surface area (Å²) in [6, 6.07) is 8.83. The van der Waals surface area contributed by atoms with Gasteiger partial charge in [0.15, 0.2) is 11.6 Å². The van der Waals surface area contributed by atoms with Crippen LogP contribution in [-0.4, -0.2) is 22.8 Å². The van der Waals surface area contributed by atoms with E-state index >= 15 is 0 Å². The molecule has 0 bridgehead atoms. The number of carboxylic acids is 1. The quantitative estimate of drug-likeness (QED) is 0.412. The molecule has 0 heterocycles. The molecule has 2 aromatic carbocycles. The third-order valence-electron chi connectivity index (χ3n) is 4.76. The Morgan fingerprint density at radius 3 is 2.14 bits per heavy atom. The standard InChI is InChI=1S/C23H29FO4/c1-2-3-4-5-6-7-8-9-16-28-18-12-10-17(11-13-18)21-19(23(26)27)14-15-20(25)22(21)24/h10-15,25H,2-9,16H2,1H3,(H,26,27). The van der Waals surface area contributed by atoms with Crippen LogP contribution in [0.2, 0.25) is 0 Å². The summed E-state index contributed by atoms with van der Waals surface area (Å²) in [5, 5.41) is 18.8. The molecule has 152 valence electrons. The Morgan fingerprint density at radius 1 is 0.929 bits per heavy atom. The van der Waals surface area contributed by atoms with Gasteiger partial charge >= 0.3 is 5.97 Å². The molecule has 2 aromatic rings. The van der Waals surface area contributed by atoms with Crippen LogP contribution in [0.4, 0.5) is 4.39 Å². The van der Waals surface area contributed by atoms with Crippen LogP contribution < -0.4 is 4.74 Å². The second-order valence-corrected chi connectivity index (χ2v) is 6.97. The molecule has 0 fully saturated rings.